The maximum absolute atomic E-state index is 13.5. The van der Waals surface area contributed by atoms with Crippen molar-refractivity contribution in [3.8, 4) is 5.75 Å². The van der Waals surface area contributed by atoms with Crippen LogP contribution in [0.5, 0.6) is 5.75 Å². The van der Waals surface area contributed by atoms with Crippen LogP contribution >= 0.6 is 12.3 Å². The number of fused-ring (bicyclic) bond motifs is 5. The monoisotopic (exact) mass is 570 g/mol. The van der Waals surface area contributed by atoms with Gasteiger partial charge in [0.2, 0.25) is 0 Å². The largest absolute Gasteiger partial charge is 0.399 e. The lowest BCUT2D eigenvalue weighted by Gasteiger charge is -2.50. The van der Waals surface area contributed by atoms with Gasteiger partial charge in [-0.1, -0.05) is 52.5 Å². The van der Waals surface area contributed by atoms with E-state index in [0.29, 0.717) is 48.9 Å². The second-order valence-electron chi connectivity index (χ2n) is 11.6. The smallest absolute Gasteiger partial charge is 0.338 e. The summed E-state index contributed by atoms with van der Waals surface area (Å²) >= 11 is 0.695. The summed E-state index contributed by atoms with van der Waals surface area (Å²) in [5.41, 5.74) is 2.63. The number of rotatable bonds is 15. The Morgan fingerprint density at radius 3 is 2.47 bits per heavy atom. The molecule has 3 aliphatic carbocycles. The van der Waals surface area contributed by atoms with E-state index in [0.717, 1.165) is 77.0 Å². The summed E-state index contributed by atoms with van der Waals surface area (Å²) in [6.07, 6.45) is 11.8. The summed E-state index contributed by atoms with van der Waals surface area (Å²) in [5, 5.41) is 0. The summed E-state index contributed by atoms with van der Waals surface area (Å²) in [6, 6.07) is 6.25. The van der Waals surface area contributed by atoms with E-state index >= 15 is 0 Å². The van der Waals surface area contributed by atoms with Crippen molar-refractivity contribution in [1.82, 2.24) is 4.31 Å². The predicted octanol–water partition coefficient (Wildman–Crippen LogP) is 6.62. The molecule has 216 valence electrons. The van der Waals surface area contributed by atoms with Gasteiger partial charge in [-0.2, -0.15) is 18.6 Å². The van der Waals surface area contributed by atoms with E-state index in [1.54, 1.807) is 4.31 Å². The van der Waals surface area contributed by atoms with Crippen LogP contribution in [0.2, 0.25) is 0 Å². The number of benzene rings is 1. The van der Waals surface area contributed by atoms with Crippen molar-refractivity contribution in [2.75, 3.05) is 13.1 Å². The normalized spacial score (nSPS) is 28.7. The van der Waals surface area contributed by atoms with E-state index in [2.05, 4.69) is 42.2 Å². The van der Waals surface area contributed by atoms with Gasteiger partial charge in [-0.3, -0.25) is 4.18 Å². The van der Waals surface area contributed by atoms with Gasteiger partial charge in [-0.05, 0) is 97.8 Å². The highest BCUT2D eigenvalue weighted by atomic mass is 32.2. The molecular formula is C28H46N2O6S2. The molecule has 0 aromatic heterocycles. The van der Waals surface area contributed by atoms with Gasteiger partial charge >= 0.3 is 10.3 Å². The minimum atomic E-state index is -3.76. The van der Waals surface area contributed by atoms with E-state index < -0.39 is 10.3 Å². The van der Waals surface area contributed by atoms with Gasteiger partial charge in [0.25, 0.3) is 12.3 Å². The Hall–Kier alpha value is -0.880. The lowest BCUT2D eigenvalue weighted by Crippen LogP contribution is -2.46. The Kier molecular flexibility index (Phi) is 10.8. The van der Waals surface area contributed by atoms with Crippen molar-refractivity contribution in [2.45, 2.75) is 110 Å². The molecular weight excluding hydrogens is 524 g/mol. The highest BCUT2D eigenvalue weighted by Gasteiger charge is 2.56. The fraction of sp³-hybridized carbons (Fsp3) is 0.786. The van der Waals surface area contributed by atoms with Crippen molar-refractivity contribution in [1.29, 1.82) is 0 Å². The molecule has 38 heavy (non-hydrogen) atoms. The summed E-state index contributed by atoms with van der Waals surface area (Å²) in [5.74, 6) is 7.11. The van der Waals surface area contributed by atoms with Gasteiger partial charge in [0, 0.05) is 13.1 Å². The first-order chi connectivity index (χ1) is 18.3. The summed E-state index contributed by atoms with van der Waals surface area (Å²) in [7, 11) is -3.76. The molecule has 2 fully saturated rings. The topological polar surface area (TPSA) is 100 Å². The highest BCUT2D eigenvalue weighted by molar-refractivity contribution is 7.90. The molecule has 0 heterocycles. The van der Waals surface area contributed by atoms with Crippen LogP contribution in [0.1, 0.15) is 108 Å². The molecule has 0 spiro atoms. The van der Waals surface area contributed by atoms with E-state index in [1.165, 1.54) is 11.1 Å². The molecule has 5 unspecified atom stereocenters. The van der Waals surface area contributed by atoms with Crippen LogP contribution in [-0.4, -0.2) is 31.9 Å². The van der Waals surface area contributed by atoms with Gasteiger partial charge < -0.3 is 4.18 Å². The van der Waals surface area contributed by atoms with Crippen LogP contribution in [0, 0.1) is 17.3 Å². The number of hydrogen-bond donors (Lipinski definition) is 1. The Bertz CT molecular complexity index is 999. The van der Waals surface area contributed by atoms with Crippen LogP contribution in [0.15, 0.2) is 18.2 Å². The SMILES string of the molecule is CCCCCN(CCCCC)S(=O)(=O)OC1CCC2C3CCc4cc(OSOON)ccc4C3CCC12C. The molecule has 1 aromatic rings. The molecule has 4 rings (SSSR count). The second-order valence-corrected chi connectivity index (χ2v) is 13.6. The van der Waals surface area contributed by atoms with Crippen molar-refractivity contribution < 1.29 is 26.1 Å². The molecule has 5 atom stereocenters. The predicted molar refractivity (Wildman–Crippen MR) is 150 cm³/mol. The molecule has 0 aliphatic heterocycles. The standard InChI is InChI=1S/C28H46N2O6S2/c1-4-6-8-18-30(19-9-7-5-2)38(31,32)34-27-15-14-26-25-12-10-21-20-22(33-37-36-35-29)11-13-23(21)24(25)16-17-28(26,27)3/h11,13,20,24-27H,4-10,12,14-19,29H2,1-3H3. The minimum Gasteiger partial charge on any atom is -0.399 e. The zero-order valence-electron chi connectivity index (χ0n) is 23.2. The molecule has 10 heteroatoms. The van der Waals surface area contributed by atoms with Crippen molar-refractivity contribution >= 4 is 22.6 Å². The maximum atomic E-state index is 13.5. The summed E-state index contributed by atoms with van der Waals surface area (Å²) < 4.78 is 44.9. The van der Waals surface area contributed by atoms with Crippen molar-refractivity contribution in [3.63, 3.8) is 0 Å². The molecule has 0 radical (unpaired) electrons. The molecule has 0 saturated heterocycles. The van der Waals surface area contributed by atoms with E-state index in [1.807, 2.05) is 6.07 Å². The van der Waals surface area contributed by atoms with Gasteiger partial charge in [0.1, 0.15) is 5.75 Å². The molecule has 0 bridgehead atoms. The highest BCUT2D eigenvalue weighted by Crippen LogP contribution is 2.61. The van der Waals surface area contributed by atoms with Crippen LogP contribution in [-0.2, 0) is 30.2 Å². The van der Waals surface area contributed by atoms with E-state index in [4.69, 9.17) is 14.3 Å². The molecule has 2 N–H and O–H groups in total. The average Bonchev–Trinajstić information content (AvgIpc) is 3.23. The number of aryl methyl sites for hydroxylation is 1. The van der Waals surface area contributed by atoms with Crippen molar-refractivity contribution in [3.05, 3.63) is 29.3 Å². The average molecular weight is 571 g/mol. The molecule has 8 nitrogen and oxygen atoms in total. The third kappa shape index (κ3) is 6.70. The van der Waals surface area contributed by atoms with Crippen LogP contribution in [0.4, 0.5) is 0 Å². The summed E-state index contributed by atoms with van der Waals surface area (Å²) in [4.78, 5) is 4.08. The third-order valence-corrected chi connectivity index (χ3v) is 11.3. The first-order valence-electron chi connectivity index (χ1n) is 14.5. The summed E-state index contributed by atoms with van der Waals surface area (Å²) in [6.45, 7) is 7.70. The Balaban J connectivity index is 1.44. The first kappa shape index (κ1) is 30.1. The Morgan fingerprint density at radius 2 is 1.79 bits per heavy atom. The van der Waals surface area contributed by atoms with Crippen molar-refractivity contribution in [2.24, 2.45) is 23.1 Å². The Labute approximate surface area is 233 Å². The van der Waals surface area contributed by atoms with Crippen LogP contribution in [0.3, 0.4) is 0 Å². The lowest BCUT2D eigenvalue weighted by atomic mass is 9.55. The Morgan fingerprint density at radius 1 is 1.05 bits per heavy atom. The quantitative estimate of drug-likeness (QED) is 0.109. The maximum Gasteiger partial charge on any atom is 0.338 e. The van der Waals surface area contributed by atoms with Crippen LogP contribution in [0.25, 0.3) is 0 Å². The molecule has 1 aromatic carbocycles. The molecule has 2 saturated carbocycles. The van der Waals surface area contributed by atoms with Gasteiger partial charge in [0.15, 0.2) is 0 Å². The number of hydrogen-bond acceptors (Lipinski definition) is 8. The third-order valence-electron chi connectivity index (χ3n) is 9.38. The number of unbranched alkanes of at least 4 members (excludes halogenated alkanes) is 4. The molecule has 3 aliphatic rings. The zero-order chi connectivity index (χ0) is 27.2. The van der Waals surface area contributed by atoms with Gasteiger partial charge in [0.05, 0.1) is 6.10 Å². The van der Waals surface area contributed by atoms with Crippen LogP contribution < -0.4 is 10.1 Å². The lowest BCUT2D eigenvalue weighted by molar-refractivity contribution is -0.199. The fourth-order valence-corrected chi connectivity index (χ4v) is 9.09. The first-order valence-corrected chi connectivity index (χ1v) is 16.5. The van der Waals surface area contributed by atoms with Gasteiger partial charge in [-0.25, -0.2) is 0 Å². The van der Waals surface area contributed by atoms with E-state index in [-0.39, 0.29) is 11.5 Å². The number of nitrogens with two attached hydrogens (primary N) is 1. The fourth-order valence-electron chi connectivity index (χ4n) is 7.41. The minimum absolute atomic E-state index is 0.108. The zero-order valence-corrected chi connectivity index (χ0v) is 24.9. The molecule has 0 amide bonds. The second kappa shape index (κ2) is 13.7. The van der Waals surface area contributed by atoms with E-state index in [9.17, 15) is 8.42 Å². The van der Waals surface area contributed by atoms with Gasteiger partial charge in [-0.15, -0.1) is 9.32 Å². The number of nitrogens with zero attached hydrogens (tertiary/aromatic N) is 1.